The molecule has 1 unspecified atom stereocenters. The van der Waals surface area contributed by atoms with E-state index < -0.39 is 29.2 Å². The third-order valence-electron chi connectivity index (χ3n) is 5.88. The van der Waals surface area contributed by atoms with Crippen molar-refractivity contribution in [3.8, 4) is 12.3 Å². The van der Waals surface area contributed by atoms with E-state index in [0.29, 0.717) is 17.9 Å². The Morgan fingerprint density at radius 1 is 1.37 bits per heavy atom. The number of benzene rings is 1. The largest absolute Gasteiger partial charge is 0.477 e. The lowest BCUT2D eigenvalue weighted by atomic mass is 10.0. The molecule has 3 aliphatic heterocycles. The van der Waals surface area contributed by atoms with Gasteiger partial charge in [-0.3, -0.25) is 19.5 Å². The molecule has 5 rings (SSSR count). The van der Waals surface area contributed by atoms with Crippen LogP contribution in [0.5, 0.6) is 0 Å². The number of fused-ring (bicyclic) bond motifs is 1. The summed E-state index contributed by atoms with van der Waals surface area (Å²) in [7, 11) is 0. The van der Waals surface area contributed by atoms with Crippen LogP contribution in [0.2, 0.25) is 0 Å². The van der Waals surface area contributed by atoms with E-state index in [2.05, 4.69) is 32.0 Å². The number of anilines is 1. The fraction of sp³-hybridized carbons (Fsp3) is 0.250. The number of carbonyl (C=O) groups is 3. The van der Waals surface area contributed by atoms with E-state index in [-0.39, 0.29) is 34.6 Å². The molecule has 14 nitrogen and oxygen atoms in total. The highest BCUT2D eigenvalue weighted by Crippen LogP contribution is 2.41. The molecule has 0 aliphatic carbocycles. The Bertz CT molecular complexity index is 1470. The van der Waals surface area contributed by atoms with Crippen molar-refractivity contribution in [3.05, 3.63) is 58.2 Å². The van der Waals surface area contributed by atoms with Crippen LogP contribution in [0.3, 0.4) is 0 Å². The predicted octanol–water partition coefficient (Wildman–Crippen LogP) is 0.647. The Balaban J connectivity index is 1.26. The SMILES string of the molecule is C#CCN1C=NN(SCC2=C(C(=O)O)N3C(=O)C(NC(=O)/C(=N/OCc4ccccc4)c4csc(N)n4)[C@H]3SC2)N1. The van der Waals surface area contributed by atoms with Crippen LogP contribution >= 0.6 is 35.0 Å². The Labute approximate surface area is 246 Å². The summed E-state index contributed by atoms with van der Waals surface area (Å²) in [5.41, 5.74) is 10.0. The van der Waals surface area contributed by atoms with Gasteiger partial charge in [0, 0.05) is 16.9 Å². The molecule has 41 heavy (non-hydrogen) atoms. The first kappa shape index (κ1) is 28.3. The molecule has 1 aromatic heterocycles. The highest BCUT2D eigenvalue weighted by molar-refractivity contribution is 8.00. The van der Waals surface area contributed by atoms with Crippen molar-refractivity contribution >= 4 is 70.0 Å². The normalized spacial score (nSPS) is 20.0. The van der Waals surface area contributed by atoms with E-state index in [0.717, 1.165) is 16.9 Å². The third kappa shape index (κ3) is 6.25. The lowest BCUT2D eigenvalue weighted by Crippen LogP contribution is -2.71. The predicted molar refractivity (Wildman–Crippen MR) is 155 cm³/mol. The molecule has 212 valence electrons. The fourth-order valence-electron chi connectivity index (χ4n) is 4.00. The molecular formula is C24H23N9O5S3. The monoisotopic (exact) mass is 613 g/mol. The molecular weight excluding hydrogens is 591 g/mol. The van der Waals surface area contributed by atoms with E-state index in [1.54, 1.807) is 10.4 Å². The van der Waals surface area contributed by atoms with Gasteiger partial charge in [-0.2, -0.15) is 0 Å². The van der Waals surface area contributed by atoms with Crippen LogP contribution in [0.25, 0.3) is 0 Å². The van der Waals surface area contributed by atoms with Gasteiger partial charge in [-0.1, -0.05) is 41.4 Å². The summed E-state index contributed by atoms with van der Waals surface area (Å²) in [4.78, 5) is 49.4. The van der Waals surface area contributed by atoms with Gasteiger partial charge in [0.1, 0.15) is 35.8 Å². The molecule has 0 spiro atoms. The topological polar surface area (TPSA) is 178 Å². The Morgan fingerprint density at radius 2 is 2.17 bits per heavy atom. The van der Waals surface area contributed by atoms with Crippen LogP contribution in [-0.4, -0.2) is 83.8 Å². The van der Waals surface area contributed by atoms with Crippen molar-refractivity contribution < 1.29 is 24.3 Å². The first-order chi connectivity index (χ1) is 19.9. The van der Waals surface area contributed by atoms with E-state index in [1.807, 2.05) is 30.3 Å². The number of thiazole rings is 1. The van der Waals surface area contributed by atoms with Crippen LogP contribution in [0.15, 0.2) is 57.2 Å². The number of nitrogens with one attached hydrogen (secondary N) is 2. The van der Waals surface area contributed by atoms with Crippen molar-refractivity contribution in [2.75, 3.05) is 23.8 Å². The molecule has 0 radical (unpaired) electrons. The molecule has 1 saturated heterocycles. The molecule has 1 aromatic carbocycles. The minimum Gasteiger partial charge on any atom is -0.477 e. The van der Waals surface area contributed by atoms with Gasteiger partial charge in [0.15, 0.2) is 10.8 Å². The number of carboxylic acids is 1. The van der Waals surface area contributed by atoms with Gasteiger partial charge in [-0.15, -0.1) is 44.7 Å². The van der Waals surface area contributed by atoms with Crippen molar-refractivity contribution in [2.24, 2.45) is 10.3 Å². The minimum atomic E-state index is -1.23. The number of hydrogen-bond acceptors (Lipinski definition) is 14. The number of hydrogen-bond donors (Lipinski definition) is 4. The quantitative estimate of drug-likeness (QED) is 0.0916. The van der Waals surface area contributed by atoms with Crippen LogP contribution in [-0.2, 0) is 25.8 Å². The highest BCUT2D eigenvalue weighted by atomic mass is 32.2. The van der Waals surface area contributed by atoms with E-state index in [9.17, 15) is 19.5 Å². The summed E-state index contributed by atoms with van der Waals surface area (Å²) in [5.74, 6) is 0.608. The Kier molecular flexibility index (Phi) is 8.64. The number of carboxylic acid groups (broad SMARTS) is 1. The summed E-state index contributed by atoms with van der Waals surface area (Å²) in [6.07, 6.45) is 6.81. The summed E-state index contributed by atoms with van der Waals surface area (Å²) >= 11 is 3.69. The van der Waals surface area contributed by atoms with Crippen molar-refractivity contribution in [3.63, 3.8) is 0 Å². The molecule has 4 heterocycles. The summed E-state index contributed by atoms with van der Waals surface area (Å²) in [6.45, 7) is 0.414. The summed E-state index contributed by atoms with van der Waals surface area (Å²) in [6, 6.07) is 8.30. The van der Waals surface area contributed by atoms with Gasteiger partial charge in [-0.25, -0.2) is 9.78 Å². The van der Waals surface area contributed by atoms with Gasteiger partial charge in [0.2, 0.25) is 0 Å². The van der Waals surface area contributed by atoms with Gasteiger partial charge < -0.3 is 21.0 Å². The Morgan fingerprint density at radius 3 is 2.88 bits per heavy atom. The molecule has 2 atom stereocenters. The number of hydrazine groups is 2. The van der Waals surface area contributed by atoms with Crippen LogP contribution in [0, 0.1) is 12.3 Å². The van der Waals surface area contributed by atoms with Gasteiger partial charge >= 0.3 is 5.97 Å². The molecule has 2 amide bonds. The number of β-lactam (4-membered cyclic amide) rings is 1. The number of aliphatic carboxylic acids is 1. The number of carbonyl (C=O) groups excluding carboxylic acids is 2. The molecule has 3 aliphatic rings. The second-order valence-corrected chi connectivity index (χ2v) is 11.5. The molecule has 5 N–H and O–H groups in total. The maximum absolute atomic E-state index is 13.3. The van der Waals surface area contributed by atoms with Crippen LogP contribution in [0.1, 0.15) is 11.3 Å². The average Bonchev–Trinajstić information content (AvgIpc) is 3.61. The zero-order valence-corrected chi connectivity index (χ0v) is 23.6. The maximum Gasteiger partial charge on any atom is 0.352 e. The third-order valence-corrected chi connectivity index (χ3v) is 8.79. The standard InChI is InChI=1S/C24H23N9O5S3/c1-2-8-31-13-26-33(30-31)41-11-15-10-39-22-18(21(35)32(22)19(15)23(36)37)28-20(34)17(16-12-40-24(25)27-16)29-38-9-14-6-4-3-5-7-14/h1,3-7,12-13,18,22,30H,8-11H2,(H2,25,27)(H,28,34)(H,36,37)/b29-17+/t18?,22-/m1/s1. The summed E-state index contributed by atoms with van der Waals surface area (Å²) < 4.78 is 1.45. The van der Waals surface area contributed by atoms with Gasteiger partial charge in [-0.05, 0) is 23.1 Å². The smallest absolute Gasteiger partial charge is 0.352 e. The van der Waals surface area contributed by atoms with Crippen molar-refractivity contribution in [1.29, 1.82) is 0 Å². The van der Waals surface area contributed by atoms with E-state index in [4.69, 9.17) is 17.0 Å². The number of oxime groups is 1. The molecule has 2 aromatic rings. The van der Waals surface area contributed by atoms with Gasteiger partial charge in [0.05, 0.1) is 6.54 Å². The van der Waals surface area contributed by atoms with Crippen molar-refractivity contribution in [1.82, 2.24) is 30.3 Å². The number of nitrogens with two attached hydrogens (primary N) is 1. The molecule has 1 fully saturated rings. The number of hydrazone groups is 1. The fourth-order valence-corrected chi connectivity index (χ4v) is 6.81. The second-order valence-electron chi connectivity index (χ2n) is 8.60. The number of amides is 2. The number of rotatable bonds is 11. The lowest BCUT2D eigenvalue weighted by molar-refractivity contribution is -0.150. The van der Waals surface area contributed by atoms with E-state index in [1.165, 1.54) is 39.5 Å². The molecule has 0 bridgehead atoms. The summed E-state index contributed by atoms with van der Waals surface area (Å²) in [5, 5.41) is 23.5. The zero-order valence-electron chi connectivity index (χ0n) is 21.2. The van der Waals surface area contributed by atoms with E-state index >= 15 is 0 Å². The number of nitrogen functional groups attached to an aromatic ring is 1. The average molecular weight is 614 g/mol. The first-order valence-corrected chi connectivity index (χ1v) is 14.8. The molecule has 17 heteroatoms. The van der Waals surface area contributed by atoms with Gasteiger partial charge in [0.25, 0.3) is 11.8 Å². The Hall–Kier alpha value is -4.24. The van der Waals surface area contributed by atoms with Crippen LogP contribution in [0.4, 0.5) is 5.13 Å². The highest BCUT2D eigenvalue weighted by Gasteiger charge is 2.54. The molecule has 0 saturated carbocycles. The number of terminal acetylenes is 1. The number of aromatic nitrogens is 1. The lowest BCUT2D eigenvalue weighted by Gasteiger charge is -2.49. The second kappa shape index (κ2) is 12.5. The zero-order chi connectivity index (χ0) is 28.9. The van der Waals surface area contributed by atoms with Crippen LogP contribution < -0.4 is 16.6 Å². The maximum atomic E-state index is 13.3. The van der Waals surface area contributed by atoms with Crippen molar-refractivity contribution in [2.45, 2.75) is 18.0 Å². The minimum absolute atomic E-state index is 0.104. The first-order valence-electron chi connectivity index (χ1n) is 12.0. The number of nitrogens with zero attached hydrogens (tertiary/aromatic N) is 6. The number of thioether (sulfide) groups is 1.